The monoisotopic (exact) mass is 283 g/mol. The van der Waals surface area contributed by atoms with Crippen molar-refractivity contribution < 1.29 is 9.53 Å². The average molecular weight is 284 g/mol. The average Bonchev–Trinajstić information content (AvgIpc) is 2.76. The summed E-state index contributed by atoms with van der Waals surface area (Å²) in [5, 5.41) is 1.04. The number of anilines is 1. The van der Waals surface area contributed by atoms with Gasteiger partial charge in [0, 0.05) is 29.2 Å². The Kier molecular flexibility index (Phi) is 4.80. The number of carbonyl (C=O) groups excluding carboxylic acids is 1. The second kappa shape index (κ2) is 5.95. The number of nitrogens with two attached hydrogens (primary N) is 2. The first-order valence-corrected chi connectivity index (χ1v) is 5.73. The van der Waals surface area contributed by atoms with E-state index in [1.165, 1.54) is 7.11 Å². The van der Waals surface area contributed by atoms with Gasteiger partial charge < -0.3 is 21.2 Å². The summed E-state index contributed by atoms with van der Waals surface area (Å²) in [7, 11) is 1.33. The molecule has 1 atom stereocenters. The second-order valence-corrected chi connectivity index (χ2v) is 4.35. The van der Waals surface area contributed by atoms with E-state index in [2.05, 4.69) is 9.72 Å². The van der Waals surface area contributed by atoms with Crippen molar-refractivity contribution in [3.05, 3.63) is 29.5 Å². The third-order valence-electron chi connectivity index (χ3n) is 3.17. The lowest BCUT2D eigenvalue weighted by Gasteiger charge is -2.09. The van der Waals surface area contributed by atoms with E-state index in [0.717, 1.165) is 27.7 Å². The van der Waals surface area contributed by atoms with Gasteiger partial charge in [-0.2, -0.15) is 0 Å². The van der Waals surface area contributed by atoms with Gasteiger partial charge in [-0.05, 0) is 30.2 Å². The van der Waals surface area contributed by atoms with Crippen molar-refractivity contribution in [2.45, 2.75) is 19.4 Å². The molecule has 1 aromatic carbocycles. The van der Waals surface area contributed by atoms with E-state index in [4.69, 9.17) is 11.5 Å². The Morgan fingerprint density at radius 3 is 2.79 bits per heavy atom. The zero-order chi connectivity index (χ0) is 13.3. The van der Waals surface area contributed by atoms with Crippen molar-refractivity contribution >= 4 is 35.0 Å². The number of esters is 1. The zero-order valence-corrected chi connectivity index (χ0v) is 11.7. The van der Waals surface area contributed by atoms with Crippen molar-refractivity contribution in [1.82, 2.24) is 4.98 Å². The Morgan fingerprint density at radius 1 is 1.47 bits per heavy atom. The van der Waals surface area contributed by atoms with Crippen LogP contribution < -0.4 is 11.5 Å². The number of aromatic amines is 1. The molecule has 0 aliphatic rings. The number of halogens is 1. The van der Waals surface area contributed by atoms with Gasteiger partial charge in [-0.3, -0.25) is 4.79 Å². The number of H-pyrrole nitrogens is 1. The molecular formula is C13H18ClN3O2. The molecule has 0 fully saturated rings. The van der Waals surface area contributed by atoms with Crippen molar-refractivity contribution in [1.29, 1.82) is 0 Å². The lowest BCUT2D eigenvalue weighted by Crippen LogP contribution is -2.33. The summed E-state index contributed by atoms with van der Waals surface area (Å²) < 4.78 is 4.63. The number of nitrogens with one attached hydrogen (secondary N) is 1. The number of carbonyl (C=O) groups is 1. The van der Waals surface area contributed by atoms with Gasteiger partial charge in [0.25, 0.3) is 0 Å². The molecule has 0 saturated heterocycles. The maximum Gasteiger partial charge on any atom is 0.322 e. The number of benzene rings is 1. The van der Waals surface area contributed by atoms with Gasteiger partial charge >= 0.3 is 5.97 Å². The zero-order valence-electron chi connectivity index (χ0n) is 10.9. The van der Waals surface area contributed by atoms with E-state index in [1.54, 1.807) is 0 Å². The molecule has 0 aliphatic heterocycles. The van der Waals surface area contributed by atoms with Crippen molar-refractivity contribution in [3.8, 4) is 0 Å². The van der Waals surface area contributed by atoms with E-state index in [0.29, 0.717) is 6.42 Å². The molecule has 0 aliphatic carbocycles. The molecule has 5 N–H and O–H groups in total. The minimum absolute atomic E-state index is 0. The van der Waals surface area contributed by atoms with Crippen LogP contribution in [-0.2, 0) is 16.0 Å². The summed E-state index contributed by atoms with van der Waals surface area (Å²) in [5.74, 6) is -0.411. The highest BCUT2D eigenvalue weighted by Gasteiger charge is 2.17. The van der Waals surface area contributed by atoms with E-state index in [9.17, 15) is 4.79 Å². The summed E-state index contributed by atoms with van der Waals surface area (Å²) in [6.45, 7) is 1.96. The normalized spacial score (nSPS) is 11.9. The van der Waals surface area contributed by atoms with Crippen LogP contribution in [0.4, 0.5) is 5.69 Å². The molecule has 5 nitrogen and oxygen atoms in total. The highest BCUT2D eigenvalue weighted by Crippen LogP contribution is 2.27. The fourth-order valence-electron chi connectivity index (χ4n) is 2.13. The van der Waals surface area contributed by atoms with Crippen LogP contribution in [-0.4, -0.2) is 24.1 Å². The third-order valence-corrected chi connectivity index (χ3v) is 3.17. The third kappa shape index (κ3) is 2.83. The fraction of sp³-hybridized carbons (Fsp3) is 0.308. The largest absolute Gasteiger partial charge is 0.468 e. The molecule has 1 unspecified atom stereocenters. The van der Waals surface area contributed by atoms with Crippen molar-refractivity contribution in [2.75, 3.05) is 12.8 Å². The van der Waals surface area contributed by atoms with Gasteiger partial charge in [-0.1, -0.05) is 0 Å². The minimum Gasteiger partial charge on any atom is -0.468 e. The van der Waals surface area contributed by atoms with Gasteiger partial charge in [-0.25, -0.2) is 0 Å². The maximum absolute atomic E-state index is 11.3. The topological polar surface area (TPSA) is 94.1 Å². The molecule has 1 heterocycles. The Bertz CT molecular complexity index is 595. The SMILES string of the molecule is COC(=O)C(N)Cc1c[nH]c2ccc(N)c(C)c12.Cl. The second-order valence-electron chi connectivity index (χ2n) is 4.35. The number of hydrogen-bond acceptors (Lipinski definition) is 4. The Morgan fingerprint density at radius 2 is 2.16 bits per heavy atom. The van der Waals surface area contributed by atoms with Gasteiger partial charge in [0.15, 0.2) is 0 Å². The highest BCUT2D eigenvalue weighted by molar-refractivity contribution is 5.91. The predicted molar refractivity (Wildman–Crippen MR) is 78.4 cm³/mol. The molecule has 0 amide bonds. The van der Waals surface area contributed by atoms with Crippen LogP contribution in [0.25, 0.3) is 10.9 Å². The molecule has 2 aromatic rings. The first-order valence-electron chi connectivity index (χ1n) is 5.73. The maximum atomic E-state index is 11.3. The molecule has 6 heteroatoms. The van der Waals surface area contributed by atoms with Crippen LogP contribution in [0.3, 0.4) is 0 Å². The molecule has 0 saturated carbocycles. The van der Waals surface area contributed by atoms with Crippen LogP contribution in [0.5, 0.6) is 0 Å². The number of aryl methyl sites for hydroxylation is 1. The summed E-state index contributed by atoms with van der Waals surface area (Å²) in [6.07, 6.45) is 2.29. The van der Waals surface area contributed by atoms with Gasteiger partial charge in [0.1, 0.15) is 6.04 Å². The molecule has 0 bridgehead atoms. The predicted octanol–water partition coefficient (Wildman–Crippen LogP) is 1.52. The molecule has 104 valence electrons. The van der Waals surface area contributed by atoms with Crippen LogP contribution in [0, 0.1) is 6.92 Å². The van der Waals surface area contributed by atoms with Gasteiger partial charge in [0.2, 0.25) is 0 Å². The number of ether oxygens (including phenoxy) is 1. The number of nitrogen functional groups attached to an aromatic ring is 1. The first-order chi connectivity index (χ1) is 8.54. The molecule has 1 aromatic heterocycles. The summed E-state index contributed by atoms with van der Waals surface area (Å²) in [4.78, 5) is 14.5. The Balaban J connectivity index is 0.00000180. The quantitative estimate of drug-likeness (QED) is 0.588. The fourth-order valence-corrected chi connectivity index (χ4v) is 2.13. The Hall–Kier alpha value is -1.72. The van der Waals surface area contributed by atoms with E-state index in [-0.39, 0.29) is 12.4 Å². The highest BCUT2D eigenvalue weighted by atomic mass is 35.5. The van der Waals surface area contributed by atoms with Gasteiger partial charge in [0.05, 0.1) is 7.11 Å². The number of fused-ring (bicyclic) bond motifs is 1. The first kappa shape index (κ1) is 15.3. The van der Waals surface area contributed by atoms with E-state index in [1.807, 2.05) is 25.3 Å². The lowest BCUT2D eigenvalue weighted by molar-refractivity contribution is -0.142. The van der Waals surface area contributed by atoms with Crippen LogP contribution in [0.1, 0.15) is 11.1 Å². The van der Waals surface area contributed by atoms with Crippen LogP contribution in [0.15, 0.2) is 18.3 Å². The van der Waals surface area contributed by atoms with Crippen LogP contribution in [0.2, 0.25) is 0 Å². The van der Waals surface area contributed by atoms with E-state index < -0.39 is 12.0 Å². The molecule has 2 rings (SSSR count). The van der Waals surface area contributed by atoms with Crippen LogP contribution >= 0.6 is 12.4 Å². The summed E-state index contributed by atoms with van der Waals surface area (Å²) in [6, 6.07) is 3.12. The number of aromatic nitrogens is 1. The summed E-state index contributed by atoms with van der Waals surface area (Å²) in [5.41, 5.74) is 15.4. The number of methoxy groups -OCH3 is 1. The minimum atomic E-state index is -0.658. The van der Waals surface area contributed by atoms with Crippen molar-refractivity contribution in [2.24, 2.45) is 5.73 Å². The summed E-state index contributed by atoms with van der Waals surface area (Å²) >= 11 is 0. The smallest absolute Gasteiger partial charge is 0.322 e. The van der Waals surface area contributed by atoms with Crippen molar-refractivity contribution in [3.63, 3.8) is 0 Å². The number of hydrogen-bond donors (Lipinski definition) is 3. The molecule has 0 spiro atoms. The number of rotatable bonds is 3. The van der Waals surface area contributed by atoms with E-state index >= 15 is 0 Å². The molecule has 19 heavy (non-hydrogen) atoms. The molecular weight excluding hydrogens is 266 g/mol. The standard InChI is InChI=1S/C13H17N3O2.ClH/c1-7-9(14)3-4-11-12(7)8(6-16-11)5-10(15)13(17)18-2;/h3-4,6,10,16H,5,14-15H2,1-2H3;1H. The van der Waals surface area contributed by atoms with Gasteiger partial charge in [-0.15, -0.1) is 12.4 Å². The molecule has 0 radical (unpaired) electrons. The lowest BCUT2D eigenvalue weighted by atomic mass is 10.0. The Labute approximate surface area is 117 Å².